The van der Waals surface area contributed by atoms with E-state index in [2.05, 4.69) is 10.3 Å². The first-order chi connectivity index (χ1) is 5.34. The summed E-state index contributed by atoms with van der Waals surface area (Å²) in [6, 6.07) is 0. The molecule has 0 unspecified atom stereocenters. The molecule has 1 N–H and O–H groups in total. The fraction of sp³-hybridized carbons (Fsp3) is 0.750. The summed E-state index contributed by atoms with van der Waals surface area (Å²) in [6.07, 6.45) is 0. The molecule has 0 aromatic rings. The molecule has 0 saturated heterocycles. The second-order valence-corrected chi connectivity index (χ2v) is 3.62. The van der Waals surface area contributed by atoms with E-state index in [9.17, 15) is 9.59 Å². The number of hydrogen-bond donors (Lipinski definition) is 1. The van der Waals surface area contributed by atoms with Gasteiger partial charge in [-0.2, -0.15) is 0 Å². The number of hydroxylamine groups is 1. The molecule has 0 radical (unpaired) electrons. The molecular formula is C8H15NO3. The molecule has 0 bridgehead atoms. The van der Waals surface area contributed by atoms with Gasteiger partial charge >= 0.3 is 0 Å². The van der Waals surface area contributed by atoms with Gasteiger partial charge in [0.2, 0.25) is 5.91 Å². The Balaban J connectivity index is 3.66. The Morgan fingerprint density at radius 3 is 2.17 bits per heavy atom. The minimum Gasteiger partial charge on any atom is -0.296 e. The Hall–Kier alpha value is -0.900. The highest BCUT2D eigenvalue weighted by atomic mass is 16.7. The lowest BCUT2D eigenvalue weighted by Gasteiger charge is -2.15. The van der Waals surface area contributed by atoms with E-state index < -0.39 is 5.41 Å². The molecule has 1 amide bonds. The number of ketones is 1. The van der Waals surface area contributed by atoms with E-state index in [0.29, 0.717) is 0 Å². The summed E-state index contributed by atoms with van der Waals surface area (Å²) >= 11 is 0. The number of rotatable bonds is 3. The van der Waals surface area contributed by atoms with Crippen molar-refractivity contribution in [3.05, 3.63) is 0 Å². The fourth-order valence-electron chi connectivity index (χ4n) is 0.420. The molecule has 4 nitrogen and oxygen atoms in total. The Bertz CT molecular complexity index is 181. The van der Waals surface area contributed by atoms with Crippen LogP contribution in [0.4, 0.5) is 0 Å². The van der Waals surface area contributed by atoms with Crippen molar-refractivity contribution < 1.29 is 14.4 Å². The van der Waals surface area contributed by atoms with Gasteiger partial charge in [0.15, 0.2) is 5.78 Å². The third kappa shape index (κ3) is 4.85. The van der Waals surface area contributed by atoms with Crippen molar-refractivity contribution >= 4 is 11.7 Å². The lowest BCUT2D eigenvalue weighted by molar-refractivity contribution is -0.140. The third-order valence-corrected chi connectivity index (χ3v) is 1.26. The zero-order valence-corrected chi connectivity index (χ0v) is 7.93. The first kappa shape index (κ1) is 11.1. The number of carbonyl (C=O) groups is 2. The number of Topliss-reactive ketones (excluding diaryl/α,β-unsaturated/α-hetero) is 1. The van der Waals surface area contributed by atoms with E-state index in [-0.39, 0.29) is 18.3 Å². The van der Waals surface area contributed by atoms with Gasteiger partial charge in [-0.15, -0.1) is 0 Å². The van der Waals surface area contributed by atoms with Crippen LogP contribution < -0.4 is 5.48 Å². The molecule has 4 heteroatoms. The van der Waals surface area contributed by atoms with Crippen LogP contribution in [-0.4, -0.2) is 18.3 Å². The van der Waals surface area contributed by atoms with Crippen LogP contribution in [0, 0.1) is 5.41 Å². The number of carbonyl (C=O) groups excluding carboxylic acids is 2. The molecule has 0 aliphatic carbocycles. The SMILES string of the molecule is CC(=O)NOCC(=O)C(C)(C)C. The largest absolute Gasteiger partial charge is 0.296 e. The van der Waals surface area contributed by atoms with Crippen LogP contribution >= 0.6 is 0 Å². The highest BCUT2D eigenvalue weighted by molar-refractivity contribution is 5.84. The van der Waals surface area contributed by atoms with Crippen LogP contribution in [0.1, 0.15) is 27.7 Å². The summed E-state index contributed by atoms with van der Waals surface area (Å²) in [4.78, 5) is 26.1. The molecule has 0 saturated carbocycles. The molecule has 0 rings (SSSR count). The van der Waals surface area contributed by atoms with E-state index in [0.717, 1.165) is 0 Å². The smallest absolute Gasteiger partial charge is 0.240 e. The molecule has 0 aliphatic rings. The van der Waals surface area contributed by atoms with Gasteiger partial charge in [0, 0.05) is 12.3 Å². The maximum absolute atomic E-state index is 11.2. The lowest BCUT2D eigenvalue weighted by atomic mass is 9.91. The van der Waals surface area contributed by atoms with E-state index in [1.54, 1.807) is 20.8 Å². The predicted molar refractivity (Wildman–Crippen MR) is 44.2 cm³/mol. The van der Waals surface area contributed by atoms with Crippen molar-refractivity contribution in [2.75, 3.05) is 6.61 Å². The second-order valence-electron chi connectivity index (χ2n) is 3.62. The van der Waals surface area contributed by atoms with Crippen molar-refractivity contribution in [3.63, 3.8) is 0 Å². The molecule has 0 atom stereocenters. The Kier molecular flexibility index (Phi) is 3.89. The minimum absolute atomic E-state index is 0.0451. The van der Waals surface area contributed by atoms with E-state index in [1.807, 2.05) is 0 Å². The lowest BCUT2D eigenvalue weighted by Crippen LogP contribution is -2.30. The monoisotopic (exact) mass is 173 g/mol. The van der Waals surface area contributed by atoms with Gasteiger partial charge in [-0.05, 0) is 0 Å². The molecule has 0 fully saturated rings. The number of amides is 1. The summed E-state index contributed by atoms with van der Waals surface area (Å²) in [7, 11) is 0. The van der Waals surface area contributed by atoms with Crippen LogP contribution in [0.3, 0.4) is 0 Å². The standard InChI is InChI=1S/C8H15NO3/c1-6(10)9-12-5-7(11)8(2,3)4/h5H2,1-4H3,(H,9,10). The van der Waals surface area contributed by atoms with E-state index >= 15 is 0 Å². The fourth-order valence-corrected chi connectivity index (χ4v) is 0.420. The Morgan fingerprint density at radius 2 is 1.83 bits per heavy atom. The van der Waals surface area contributed by atoms with Crippen LogP contribution in [0.15, 0.2) is 0 Å². The molecular weight excluding hydrogens is 158 g/mol. The maximum Gasteiger partial charge on any atom is 0.240 e. The first-order valence-electron chi connectivity index (χ1n) is 3.75. The van der Waals surface area contributed by atoms with Crippen LogP contribution in [0.2, 0.25) is 0 Å². The first-order valence-corrected chi connectivity index (χ1v) is 3.75. The maximum atomic E-state index is 11.2. The molecule has 0 aromatic carbocycles. The summed E-state index contributed by atoms with van der Waals surface area (Å²) in [5.74, 6) is -0.354. The van der Waals surface area contributed by atoms with Crippen LogP contribution in [0.5, 0.6) is 0 Å². The average Bonchev–Trinajstić information content (AvgIpc) is 1.84. The van der Waals surface area contributed by atoms with Gasteiger partial charge in [-0.1, -0.05) is 20.8 Å². The van der Waals surface area contributed by atoms with Crippen molar-refractivity contribution in [3.8, 4) is 0 Å². The van der Waals surface area contributed by atoms with Gasteiger partial charge in [0.25, 0.3) is 0 Å². The van der Waals surface area contributed by atoms with Crippen molar-refractivity contribution in [2.45, 2.75) is 27.7 Å². The molecule has 0 spiro atoms. The second kappa shape index (κ2) is 4.21. The predicted octanol–water partition coefficient (Wildman–Crippen LogP) is 0.669. The van der Waals surface area contributed by atoms with E-state index in [1.165, 1.54) is 6.92 Å². The minimum atomic E-state index is -0.418. The highest BCUT2D eigenvalue weighted by Gasteiger charge is 2.21. The van der Waals surface area contributed by atoms with Crippen molar-refractivity contribution in [1.29, 1.82) is 0 Å². The zero-order chi connectivity index (χ0) is 9.78. The topological polar surface area (TPSA) is 55.4 Å². The van der Waals surface area contributed by atoms with Crippen molar-refractivity contribution in [2.24, 2.45) is 5.41 Å². The zero-order valence-electron chi connectivity index (χ0n) is 7.93. The highest BCUT2D eigenvalue weighted by Crippen LogP contribution is 2.13. The van der Waals surface area contributed by atoms with Gasteiger partial charge < -0.3 is 0 Å². The molecule has 0 aromatic heterocycles. The molecule has 0 heterocycles. The normalized spacial score (nSPS) is 11.0. The Labute approximate surface area is 72.2 Å². The average molecular weight is 173 g/mol. The molecule has 70 valence electrons. The number of hydrogen-bond acceptors (Lipinski definition) is 3. The van der Waals surface area contributed by atoms with E-state index in [4.69, 9.17) is 0 Å². The quantitative estimate of drug-likeness (QED) is 0.638. The van der Waals surface area contributed by atoms with Crippen LogP contribution in [-0.2, 0) is 14.4 Å². The third-order valence-electron chi connectivity index (χ3n) is 1.26. The van der Waals surface area contributed by atoms with Gasteiger partial charge in [0.1, 0.15) is 6.61 Å². The Morgan fingerprint density at radius 1 is 1.33 bits per heavy atom. The van der Waals surface area contributed by atoms with Crippen LogP contribution in [0.25, 0.3) is 0 Å². The summed E-state index contributed by atoms with van der Waals surface area (Å²) in [5.41, 5.74) is 1.67. The summed E-state index contributed by atoms with van der Waals surface area (Å²) in [5, 5.41) is 0. The van der Waals surface area contributed by atoms with Gasteiger partial charge in [-0.25, -0.2) is 5.48 Å². The van der Waals surface area contributed by atoms with Crippen molar-refractivity contribution in [1.82, 2.24) is 5.48 Å². The summed E-state index contributed by atoms with van der Waals surface area (Å²) < 4.78 is 0. The van der Waals surface area contributed by atoms with Gasteiger partial charge in [0.05, 0.1) is 0 Å². The van der Waals surface area contributed by atoms with Gasteiger partial charge in [-0.3, -0.25) is 14.4 Å². The summed E-state index contributed by atoms with van der Waals surface area (Å²) in [6.45, 7) is 6.63. The molecule has 0 aliphatic heterocycles. The molecule has 12 heavy (non-hydrogen) atoms. The number of nitrogens with one attached hydrogen (secondary N) is 1.